The summed E-state index contributed by atoms with van der Waals surface area (Å²) in [6.07, 6.45) is 5.83. The van der Waals surface area contributed by atoms with Crippen LogP contribution in [0.2, 0.25) is 0 Å². The highest BCUT2D eigenvalue weighted by Gasteiger charge is 2.31. The minimum Gasteiger partial charge on any atom is -0.360 e. The van der Waals surface area contributed by atoms with Crippen molar-refractivity contribution in [1.29, 1.82) is 0 Å². The lowest BCUT2D eigenvalue weighted by atomic mass is 10.2. The Bertz CT molecular complexity index is 986. The Labute approximate surface area is 162 Å². The molecule has 144 valence electrons. The number of hydrogen-bond acceptors (Lipinski definition) is 7. The predicted molar refractivity (Wildman–Crippen MR) is 100 cm³/mol. The van der Waals surface area contributed by atoms with E-state index in [1.54, 1.807) is 16.9 Å². The average Bonchev–Trinajstić information content (AvgIpc) is 3.21. The van der Waals surface area contributed by atoms with Crippen LogP contribution in [-0.4, -0.2) is 61.9 Å². The van der Waals surface area contributed by atoms with Gasteiger partial charge in [0.15, 0.2) is 11.5 Å². The first-order chi connectivity index (χ1) is 13.7. The molecule has 0 radical (unpaired) electrons. The van der Waals surface area contributed by atoms with Crippen molar-refractivity contribution in [1.82, 2.24) is 29.8 Å². The highest BCUT2D eigenvalue weighted by Crippen LogP contribution is 2.40. The monoisotopic (exact) mass is 379 g/mol. The second-order valence-electron chi connectivity index (χ2n) is 7.25. The fourth-order valence-corrected chi connectivity index (χ4v) is 3.47. The van der Waals surface area contributed by atoms with E-state index in [-0.39, 0.29) is 5.91 Å². The molecule has 9 nitrogen and oxygen atoms in total. The predicted octanol–water partition coefficient (Wildman–Crippen LogP) is 1.80. The van der Waals surface area contributed by atoms with Gasteiger partial charge in [-0.25, -0.2) is 14.6 Å². The SMILES string of the molecule is Cc1nc(N2CCN(C(=O)c3cc(C4CC4)on3)CC2)cc(-n2cccn2)n1. The minimum absolute atomic E-state index is 0.0635. The summed E-state index contributed by atoms with van der Waals surface area (Å²) in [6.45, 7) is 4.51. The lowest BCUT2D eigenvalue weighted by molar-refractivity contribution is 0.0736. The van der Waals surface area contributed by atoms with Crippen molar-refractivity contribution < 1.29 is 9.32 Å². The molecule has 1 saturated heterocycles. The quantitative estimate of drug-likeness (QED) is 0.682. The maximum absolute atomic E-state index is 12.7. The van der Waals surface area contributed by atoms with E-state index in [0.29, 0.717) is 43.6 Å². The van der Waals surface area contributed by atoms with E-state index in [9.17, 15) is 4.79 Å². The fourth-order valence-electron chi connectivity index (χ4n) is 3.47. The van der Waals surface area contributed by atoms with E-state index >= 15 is 0 Å². The highest BCUT2D eigenvalue weighted by molar-refractivity contribution is 5.92. The van der Waals surface area contributed by atoms with Crippen molar-refractivity contribution in [3.8, 4) is 5.82 Å². The molecule has 5 rings (SSSR count). The Morgan fingerprint density at radius 3 is 2.61 bits per heavy atom. The van der Waals surface area contributed by atoms with Gasteiger partial charge >= 0.3 is 0 Å². The van der Waals surface area contributed by atoms with Gasteiger partial charge in [0, 0.05) is 56.6 Å². The second-order valence-corrected chi connectivity index (χ2v) is 7.25. The van der Waals surface area contributed by atoms with Crippen LogP contribution >= 0.6 is 0 Å². The molecule has 28 heavy (non-hydrogen) atoms. The molecule has 0 spiro atoms. The van der Waals surface area contributed by atoms with Crippen LogP contribution in [0.1, 0.15) is 40.8 Å². The highest BCUT2D eigenvalue weighted by atomic mass is 16.5. The molecule has 1 amide bonds. The van der Waals surface area contributed by atoms with Crippen LogP contribution in [-0.2, 0) is 0 Å². The van der Waals surface area contributed by atoms with Gasteiger partial charge in [-0.2, -0.15) is 5.10 Å². The molecule has 1 aliphatic heterocycles. The number of amides is 1. The molecule has 0 N–H and O–H groups in total. The Balaban J connectivity index is 1.27. The van der Waals surface area contributed by atoms with Crippen molar-refractivity contribution in [3.63, 3.8) is 0 Å². The number of carbonyl (C=O) groups excluding carboxylic acids is 1. The molecule has 0 atom stereocenters. The van der Waals surface area contributed by atoms with E-state index < -0.39 is 0 Å². The molecular formula is C19H21N7O2. The summed E-state index contributed by atoms with van der Waals surface area (Å²) in [5.41, 5.74) is 0.411. The Kier molecular flexibility index (Phi) is 4.07. The van der Waals surface area contributed by atoms with E-state index in [1.807, 2.05) is 30.2 Å². The summed E-state index contributed by atoms with van der Waals surface area (Å²) in [6, 6.07) is 5.59. The van der Waals surface area contributed by atoms with Crippen LogP contribution in [0.15, 0.2) is 35.1 Å². The number of anilines is 1. The number of aryl methyl sites for hydroxylation is 1. The molecule has 1 aliphatic carbocycles. The minimum atomic E-state index is -0.0635. The van der Waals surface area contributed by atoms with Gasteiger partial charge in [0.1, 0.15) is 17.4 Å². The summed E-state index contributed by atoms with van der Waals surface area (Å²) in [5, 5.41) is 8.21. The molecular weight excluding hydrogens is 358 g/mol. The van der Waals surface area contributed by atoms with Gasteiger partial charge in [-0.3, -0.25) is 4.79 Å². The maximum Gasteiger partial charge on any atom is 0.276 e. The van der Waals surface area contributed by atoms with Gasteiger partial charge in [-0.15, -0.1) is 0 Å². The summed E-state index contributed by atoms with van der Waals surface area (Å²) in [4.78, 5) is 25.7. The molecule has 0 aromatic carbocycles. The van der Waals surface area contributed by atoms with Gasteiger partial charge in [-0.1, -0.05) is 5.16 Å². The summed E-state index contributed by atoms with van der Waals surface area (Å²) < 4.78 is 7.04. The standard InChI is InChI=1S/C19H21N7O2/c1-13-21-17(12-18(22-13)26-6-2-5-20-26)24-7-9-25(10-8-24)19(27)15-11-16(28-23-15)14-3-4-14/h2,5-6,11-12,14H,3-4,7-10H2,1H3. The number of carbonyl (C=O) groups is 1. The zero-order valence-electron chi connectivity index (χ0n) is 15.7. The zero-order valence-corrected chi connectivity index (χ0v) is 15.7. The molecule has 0 bridgehead atoms. The van der Waals surface area contributed by atoms with Crippen molar-refractivity contribution in [2.75, 3.05) is 31.1 Å². The molecule has 2 aliphatic rings. The molecule has 9 heteroatoms. The molecule has 0 unspecified atom stereocenters. The Morgan fingerprint density at radius 1 is 1.11 bits per heavy atom. The molecule has 1 saturated carbocycles. The zero-order chi connectivity index (χ0) is 19.1. The van der Waals surface area contributed by atoms with E-state index in [4.69, 9.17) is 4.52 Å². The molecule has 3 aromatic rings. The third-order valence-corrected chi connectivity index (χ3v) is 5.17. The topological polar surface area (TPSA) is 93.2 Å². The normalized spacial score (nSPS) is 17.2. The molecule has 2 fully saturated rings. The van der Waals surface area contributed by atoms with Crippen molar-refractivity contribution in [2.45, 2.75) is 25.7 Å². The van der Waals surface area contributed by atoms with E-state index in [0.717, 1.165) is 30.2 Å². The molecule has 4 heterocycles. The van der Waals surface area contributed by atoms with Gasteiger partial charge in [0.2, 0.25) is 0 Å². The third-order valence-electron chi connectivity index (χ3n) is 5.17. The number of rotatable bonds is 4. The van der Waals surface area contributed by atoms with Crippen LogP contribution < -0.4 is 4.90 Å². The third kappa shape index (κ3) is 3.23. The number of nitrogens with zero attached hydrogens (tertiary/aromatic N) is 7. The summed E-state index contributed by atoms with van der Waals surface area (Å²) >= 11 is 0. The summed E-state index contributed by atoms with van der Waals surface area (Å²) in [7, 11) is 0. The van der Waals surface area contributed by atoms with Crippen LogP contribution in [0.4, 0.5) is 5.82 Å². The van der Waals surface area contributed by atoms with Crippen molar-refractivity contribution >= 4 is 11.7 Å². The van der Waals surface area contributed by atoms with Crippen LogP contribution in [0.3, 0.4) is 0 Å². The van der Waals surface area contributed by atoms with Crippen molar-refractivity contribution in [3.05, 3.63) is 47.9 Å². The lowest BCUT2D eigenvalue weighted by Gasteiger charge is -2.35. The fraction of sp³-hybridized carbons (Fsp3) is 0.421. The van der Waals surface area contributed by atoms with Crippen molar-refractivity contribution in [2.24, 2.45) is 0 Å². The van der Waals surface area contributed by atoms with Crippen LogP contribution in [0.5, 0.6) is 0 Å². The first kappa shape index (κ1) is 16.9. The lowest BCUT2D eigenvalue weighted by Crippen LogP contribution is -2.49. The average molecular weight is 379 g/mol. The Morgan fingerprint density at radius 2 is 1.89 bits per heavy atom. The smallest absolute Gasteiger partial charge is 0.276 e. The second kappa shape index (κ2) is 6.74. The number of hydrogen-bond donors (Lipinski definition) is 0. The number of piperazine rings is 1. The largest absolute Gasteiger partial charge is 0.360 e. The van der Waals surface area contributed by atoms with Gasteiger partial charge in [0.25, 0.3) is 5.91 Å². The first-order valence-corrected chi connectivity index (χ1v) is 9.54. The van der Waals surface area contributed by atoms with E-state index in [1.165, 1.54) is 0 Å². The van der Waals surface area contributed by atoms with Gasteiger partial charge in [0.05, 0.1) is 0 Å². The Hall–Kier alpha value is -3.23. The van der Waals surface area contributed by atoms with Gasteiger partial charge < -0.3 is 14.3 Å². The first-order valence-electron chi connectivity index (χ1n) is 9.54. The van der Waals surface area contributed by atoms with Crippen LogP contribution in [0.25, 0.3) is 5.82 Å². The van der Waals surface area contributed by atoms with Crippen LogP contribution in [0, 0.1) is 6.92 Å². The number of aromatic nitrogens is 5. The maximum atomic E-state index is 12.7. The summed E-state index contributed by atoms with van der Waals surface area (Å²) in [5.74, 6) is 3.51. The van der Waals surface area contributed by atoms with E-state index in [2.05, 4.69) is 25.1 Å². The van der Waals surface area contributed by atoms with Gasteiger partial charge in [-0.05, 0) is 25.8 Å². The molecule has 3 aromatic heterocycles.